The molecule has 1 amide bonds. The van der Waals surface area contributed by atoms with Crippen LogP contribution < -0.4 is 10.6 Å². The molecule has 0 aromatic heterocycles. The summed E-state index contributed by atoms with van der Waals surface area (Å²) in [7, 11) is 1.41. The van der Waals surface area contributed by atoms with Gasteiger partial charge in [0.15, 0.2) is 5.96 Å². The molecule has 1 aromatic rings. The number of hydrogen-bond donors (Lipinski definition) is 2. The molecular weight excluding hydrogens is 335 g/mol. The fraction of sp³-hybridized carbons (Fsp3) is 0.579. The lowest BCUT2D eigenvalue weighted by Crippen LogP contribution is -2.50. The summed E-state index contributed by atoms with van der Waals surface area (Å²) in [6, 6.07) is 7.44. The van der Waals surface area contributed by atoms with E-state index in [9.17, 15) is 9.18 Å². The Morgan fingerprint density at radius 3 is 2.69 bits per heavy atom. The summed E-state index contributed by atoms with van der Waals surface area (Å²) in [5.74, 6) is 0.827. The lowest BCUT2D eigenvalue weighted by molar-refractivity contribution is 0.111. The Kier molecular flexibility index (Phi) is 5.96. The molecule has 6 nitrogen and oxygen atoms in total. The quantitative estimate of drug-likeness (QED) is 0.638. The number of methoxy groups -OCH3 is 1. The van der Waals surface area contributed by atoms with Gasteiger partial charge in [-0.2, -0.15) is 0 Å². The van der Waals surface area contributed by atoms with E-state index in [4.69, 9.17) is 4.74 Å². The highest BCUT2D eigenvalue weighted by molar-refractivity contribution is 5.81. The van der Waals surface area contributed by atoms with Crippen LogP contribution in [0.25, 0.3) is 0 Å². The molecule has 1 aliphatic heterocycles. The third kappa shape index (κ3) is 4.45. The van der Waals surface area contributed by atoms with Crippen molar-refractivity contribution in [2.24, 2.45) is 4.99 Å². The van der Waals surface area contributed by atoms with Crippen molar-refractivity contribution in [3.63, 3.8) is 0 Å². The van der Waals surface area contributed by atoms with E-state index in [-0.39, 0.29) is 29.9 Å². The number of halogens is 1. The average molecular weight is 362 g/mol. The molecule has 2 unspecified atom stereocenters. The first-order chi connectivity index (χ1) is 12.6. The predicted octanol–water partition coefficient (Wildman–Crippen LogP) is 2.47. The molecule has 0 bridgehead atoms. The van der Waals surface area contributed by atoms with Crippen molar-refractivity contribution in [1.82, 2.24) is 15.5 Å². The van der Waals surface area contributed by atoms with Crippen molar-refractivity contribution in [1.29, 1.82) is 0 Å². The average Bonchev–Trinajstić information content (AvgIpc) is 3.41. The summed E-state index contributed by atoms with van der Waals surface area (Å²) < 4.78 is 18.7. The fourth-order valence-electron chi connectivity index (χ4n) is 3.47. The van der Waals surface area contributed by atoms with Gasteiger partial charge in [0.25, 0.3) is 0 Å². The van der Waals surface area contributed by atoms with Crippen LogP contribution in [0.15, 0.2) is 29.3 Å². The third-order valence-corrected chi connectivity index (χ3v) is 5.00. The zero-order chi connectivity index (χ0) is 18.5. The van der Waals surface area contributed by atoms with Gasteiger partial charge in [-0.1, -0.05) is 18.2 Å². The first-order valence-corrected chi connectivity index (χ1v) is 9.27. The van der Waals surface area contributed by atoms with Gasteiger partial charge in [-0.15, -0.1) is 0 Å². The molecule has 1 saturated heterocycles. The van der Waals surface area contributed by atoms with Crippen LogP contribution in [0.4, 0.5) is 9.18 Å². The van der Waals surface area contributed by atoms with E-state index in [0.717, 1.165) is 30.8 Å². The predicted molar refractivity (Wildman–Crippen MR) is 98.8 cm³/mol. The van der Waals surface area contributed by atoms with E-state index in [2.05, 4.69) is 15.6 Å². The second kappa shape index (κ2) is 8.38. The Labute approximate surface area is 153 Å². The topological polar surface area (TPSA) is 66.0 Å². The molecular formula is C19H27FN4O2. The molecule has 0 radical (unpaired) electrons. The Balaban J connectivity index is 1.51. The number of nitrogens with one attached hydrogen (secondary N) is 2. The highest BCUT2D eigenvalue weighted by Crippen LogP contribution is 2.41. The van der Waals surface area contributed by atoms with Gasteiger partial charge >= 0.3 is 6.09 Å². The number of ether oxygens (including phenoxy) is 1. The number of amides is 1. The third-order valence-electron chi connectivity index (χ3n) is 5.00. The molecule has 1 aliphatic carbocycles. The van der Waals surface area contributed by atoms with Gasteiger partial charge in [-0.25, -0.2) is 9.18 Å². The number of likely N-dealkylation sites (tertiary alicyclic amines) is 1. The van der Waals surface area contributed by atoms with Crippen LogP contribution >= 0.6 is 0 Å². The molecule has 2 N–H and O–H groups in total. The van der Waals surface area contributed by atoms with E-state index >= 15 is 0 Å². The molecule has 2 atom stereocenters. The van der Waals surface area contributed by atoms with Gasteiger partial charge in [0, 0.05) is 37.6 Å². The molecule has 2 aliphatic rings. The summed E-state index contributed by atoms with van der Waals surface area (Å²) >= 11 is 0. The second-order valence-corrected chi connectivity index (χ2v) is 6.81. The van der Waals surface area contributed by atoms with Crippen LogP contribution in [0.5, 0.6) is 0 Å². The minimum Gasteiger partial charge on any atom is -0.453 e. The van der Waals surface area contributed by atoms with E-state index < -0.39 is 0 Å². The molecule has 1 heterocycles. The molecule has 1 aromatic carbocycles. The van der Waals surface area contributed by atoms with Crippen LogP contribution in [0.1, 0.15) is 37.7 Å². The summed E-state index contributed by atoms with van der Waals surface area (Å²) in [6.45, 7) is 4.01. The summed E-state index contributed by atoms with van der Waals surface area (Å²) in [4.78, 5) is 17.8. The van der Waals surface area contributed by atoms with Gasteiger partial charge in [-0.05, 0) is 37.8 Å². The van der Waals surface area contributed by atoms with Crippen LogP contribution in [-0.4, -0.2) is 55.8 Å². The first-order valence-electron chi connectivity index (χ1n) is 9.27. The van der Waals surface area contributed by atoms with Crippen molar-refractivity contribution in [2.75, 3.05) is 26.7 Å². The second-order valence-electron chi connectivity index (χ2n) is 6.81. The molecule has 7 heteroatoms. The maximum absolute atomic E-state index is 13.9. The maximum atomic E-state index is 13.9. The molecule has 0 spiro atoms. The van der Waals surface area contributed by atoms with Crippen molar-refractivity contribution in [3.05, 3.63) is 35.6 Å². The number of nitrogens with zero attached hydrogens (tertiary/aromatic N) is 2. The number of rotatable bonds is 4. The zero-order valence-corrected chi connectivity index (χ0v) is 15.4. The van der Waals surface area contributed by atoms with E-state index in [1.54, 1.807) is 11.0 Å². The summed E-state index contributed by atoms with van der Waals surface area (Å²) in [6.07, 6.45) is 2.34. The van der Waals surface area contributed by atoms with Crippen molar-refractivity contribution in [2.45, 2.75) is 44.2 Å². The van der Waals surface area contributed by atoms with Crippen LogP contribution in [-0.2, 0) is 4.74 Å². The van der Waals surface area contributed by atoms with Gasteiger partial charge in [-0.3, -0.25) is 4.99 Å². The number of aliphatic imine (C=N–C) groups is 1. The normalized spacial score (nSPS) is 23.5. The minimum atomic E-state index is -0.269. The van der Waals surface area contributed by atoms with E-state index in [0.29, 0.717) is 19.6 Å². The number of benzene rings is 1. The van der Waals surface area contributed by atoms with Crippen molar-refractivity contribution < 1.29 is 13.9 Å². The van der Waals surface area contributed by atoms with Gasteiger partial charge in [0.2, 0.25) is 0 Å². The monoisotopic (exact) mass is 362 g/mol. The smallest absolute Gasteiger partial charge is 0.409 e. The van der Waals surface area contributed by atoms with Crippen molar-refractivity contribution >= 4 is 12.1 Å². The Morgan fingerprint density at radius 2 is 2.04 bits per heavy atom. The molecule has 26 heavy (non-hydrogen) atoms. The summed E-state index contributed by atoms with van der Waals surface area (Å²) in [5.41, 5.74) is 0.771. The Hall–Kier alpha value is -2.31. The van der Waals surface area contributed by atoms with Gasteiger partial charge in [0.05, 0.1) is 7.11 Å². The number of carbonyl (C=O) groups excluding carboxylic acids is 1. The van der Waals surface area contributed by atoms with Crippen LogP contribution in [0.2, 0.25) is 0 Å². The standard InChI is InChI=1S/C19H27FN4O2/c1-3-21-18(22-13-8-10-24(11-9-13)19(25)26-2)23-17-12-15(17)14-6-4-5-7-16(14)20/h4-7,13,15,17H,3,8-12H2,1-2H3,(H2,21,22,23). The molecule has 3 rings (SSSR count). The van der Waals surface area contributed by atoms with Crippen LogP contribution in [0, 0.1) is 5.82 Å². The lowest BCUT2D eigenvalue weighted by Gasteiger charge is -2.32. The zero-order valence-electron chi connectivity index (χ0n) is 15.4. The molecule has 2 fully saturated rings. The molecule has 1 saturated carbocycles. The number of carbonyl (C=O) groups is 1. The Morgan fingerprint density at radius 1 is 1.31 bits per heavy atom. The van der Waals surface area contributed by atoms with E-state index in [1.165, 1.54) is 13.2 Å². The summed E-state index contributed by atoms with van der Waals surface area (Å²) in [5, 5.41) is 6.89. The SMILES string of the molecule is CCN=C(NC1CCN(C(=O)OC)CC1)NC1CC1c1ccccc1F. The van der Waals surface area contributed by atoms with Gasteiger partial charge < -0.3 is 20.3 Å². The number of piperidine rings is 1. The van der Waals surface area contributed by atoms with Crippen molar-refractivity contribution in [3.8, 4) is 0 Å². The number of guanidine groups is 1. The van der Waals surface area contributed by atoms with Gasteiger partial charge in [0.1, 0.15) is 5.82 Å². The fourth-order valence-corrected chi connectivity index (χ4v) is 3.47. The highest BCUT2D eigenvalue weighted by Gasteiger charge is 2.40. The van der Waals surface area contributed by atoms with Crippen LogP contribution in [0.3, 0.4) is 0 Å². The molecule has 142 valence electrons. The Bertz CT molecular complexity index is 659. The van der Waals surface area contributed by atoms with E-state index in [1.807, 2.05) is 19.1 Å². The largest absolute Gasteiger partial charge is 0.453 e. The number of hydrogen-bond acceptors (Lipinski definition) is 3. The minimum absolute atomic E-state index is 0.140. The maximum Gasteiger partial charge on any atom is 0.409 e. The first kappa shape index (κ1) is 18.5. The highest BCUT2D eigenvalue weighted by atomic mass is 19.1. The lowest BCUT2D eigenvalue weighted by atomic mass is 10.1.